The van der Waals surface area contributed by atoms with Crippen molar-refractivity contribution in [2.75, 3.05) is 26.3 Å². The normalized spacial score (nSPS) is 28.9. The van der Waals surface area contributed by atoms with Crippen LogP contribution in [0.15, 0.2) is 30.5 Å². The Labute approximate surface area is 153 Å². The summed E-state index contributed by atoms with van der Waals surface area (Å²) in [6.45, 7) is 3.04. The second kappa shape index (κ2) is 6.39. The monoisotopic (exact) mass is 354 g/mol. The molecule has 2 saturated heterocycles. The van der Waals surface area contributed by atoms with Gasteiger partial charge in [-0.05, 0) is 55.9 Å². The molecule has 3 fully saturated rings. The first-order chi connectivity index (χ1) is 12.7. The molecule has 138 valence electrons. The summed E-state index contributed by atoms with van der Waals surface area (Å²) in [6, 6.07) is 7.88. The number of H-pyrrole nitrogens is 1. The van der Waals surface area contributed by atoms with Crippen LogP contribution < -0.4 is 0 Å². The minimum absolute atomic E-state index is 0.109. The number of rotatable bonds is 4. The van der Waals surface area contributed by atoms with Gasteiger partial charge in [0.25, 0.3) is 5.91 Å². The van der Waals surface area contributed by atoms with Gasteiger partial charge in [0.2, 0.25) is 0 Å². The summed E-state index contributed by atoms with van der Waals surface area (Å²) < 4.78 is 12.2. The number of fused-ring (bicyclic) bond motifs is 1. The van der Waals surface area contributed by atoms with Crippen LogP contribution in [0.25, 0.3) is 10.9 Å². The van der Waals surface area contributed by atoms with Crippen LogP contribution in [0.2, 0.25) is 0 Å². The molecular weight excluding hydrogens is 328 g/mol. The first kappa shape index (κ1) is 16.3. The summed E-state index contributed by atoms with van der Waals surface area (Å²) in [4.78, 5) is 18.2. The predicted octanol–water partition coefficient (Wildman–Crippen LogP) is 3.36. The van der Waals surface area contributed by atoms with Crippen molar-refractivity contribution in [1.82, 2.24) is 9.88 Å². The minimum Gasteiger partial charge on any atom is -0.375 e. The number of aromatic amines is 1. The Morgan fingerprint density at radius 2 is 2.27 bits per heavy atom. The Balaban J connectivity index is 1.26. The number of likely N-dealkylation sites (tertiary alicyclic amines) is 1. The average Bonchev–Trinajstić information content (AvgIpc) is 3.24. The Kier molecular flexibility index (Phi) is 4.02. The molecule has 0 radical (unpaired) electrons. The van der Waals surface area contributed by atoms with E-state index < -0.39 is 0 Å². The van der Waals surface area contributed by atoms with Crippen molar-refractivity contribution in [3.05, 3.63) is 36.0 Å². The van der Waals surface area contributed by atoms with Crippen LogP contribution in [0.3, 0.4) is 0 Å². The maximum Gasteiger partial charge on any atom is 0.253 e. The number of benzene rings is 1. The Morgan fingerprint density at radius 1 is 1.35 bits per heavy atom. The van der Waals surface area contributed by atoms with E-state index in [4.69, 9.17) is 9.47 Å². The highest BCUT2D eigenvalue weighted by Crippen LogP contribution is 2.37. The van der Waals surface area contributed by atoms with E-state index in [1.807, 2.05) is 35.4 Å². The van der Waals surface area contributed by atoms with E-state index in [9.17, 15) is 4.79 Å². The Morgan fingerprint density at radius 3 is 3.15 bits per heavy atom. The minimum atomic E-state index is -0.208. The van der Waals surface area contributed by atoms with E-state index in [1.54, 1.807) is 0 Å². The van der Waals surface area contributed by atoms with Crippen molar-refractivity contribution in [2.24, 2.45) is 5.92 Å². The van der Waals surface area contributed by atoms with E-state index >= 15 is 0 Å². The number of amides is 1. The second-order valence-corrected chi connectivity index (χ2v) is 8.21. The van der Waals surface area contributed by atoms with Crippen LogP contribution in [0.4, 0.5) is 0 Å². The fourth-order valence-electron chi connectivity index (χ4n) is 4.39. The number of carbonyl (C=O) groups is 1. The smallest absolute Gasteiger partial charge is 0.253 e. The van der Waals surface area contributed by atoms with Crippen molar-refractivity contribution >= 4 is 16.8 Å². The van der Waals surface area contributed by atoms with Gasteiger partial charge < -0.3 is 19.4 Å². The molecule has 3 heterocycles. The summed E-state index contributed by atoms with van der Waals surface area (Å²) in [5.74, 6) is 0.887. The van der Waals surface area contributed by atoms with E-state index in [1.165, 1.54) is 12.8 Å². The lowest BCUT2D eigenvalue weighted by molar-refractivity contribution is -0.0464. The molecule has 3 aliphatic rings. The van der Waals surface area contributed by atoms with E-state index in [0.717, 1.165) is 54.8 Å². The molecule has 26 heavy (non-hydrogen) atoms. The lowest BCUT2D eigenvalue weighted by Crippen LogP contribution is -2.50. The fourth-order valence-corrected chi connectivity index (χ4v) is 4.39. The highest BCUT2D eigenvalue weighted by molar-refractivity contribution is 5.98. The summed E-state index contributed by atoms with van der Waals surface area (Å²) >= 11 is 0. The summed E-state index contributed by atoms with van der Waals surface area (Å²) in [5.41, 5.74) is 1.61. The molecule has 2 aromatic rings. The van der Waals surface area contributed by atoms with Gasteiger partial charge in [0, 0.05) is 42.2 Å². The molecular formula is C21H26N2O3. The lowest BCUT2D eigenvalue weighted by atomic mass is 9.89. The zero-order chi connectivity index (χ0) is 17.6. The van der Waals surface area contributed by atoms with Gasteiger partial charge in [-0.25, -0.2) is 0 Å². The topological polar surface area (TPSA) is 54.6 Å². The maximum absolute atomic E-state index is 13.0. The number of carbonyl (C=O) groups excluding carboxylic acids is 1. The highest BCUT2D eigenvalue weighted by atomic mass is 16.6. The molecule has 1 amide bonds. The summed E-state index contributed by atoms with van der Waals surface area (Å²) in [6.07, 6.45) is 7.66. The molecule has 1 N–H and O–H groups in total. The maximum atomic E-state index is 13.0. The molecule has 5 nitrogen and oxygen atoms in total. The van der Waals surface area contributed by atoms with Gasteiger partial charge in [-0.1, -0.05) is 0 Å². The zero-order valence-electron chi connectivity index (χ0n) is 15.1. The van der Waals surface area contributed by atoms with E-state index in [-0.39, 0.29) is 17.6 Å². The van der Waals surface area contributed by atoms with Crippen LogP contribution in [-0.2, 0) is 9.47 Å². The molecule has 0 bridgehead atoms. The van der Waals surface area contributed by atoms with Crippen LogP contribution in [0, 0.1) is 5.92 Å². The number of nitrogens with zero attached hydrogens (tertiary/aromatic N) is 1. The Hall–Kier alpha value is -1.85. The third-order valence-corrected chi connectivity index (χ3v) is 6.07. The molecule has 5 heteroatoms. The molecule has 1 aliphatic carbocycles. The van der Waals surface area contributed by atoms with Crippen LogP contribution >= 0.6 is 0 Å². The first-order valence-corrected chi connectivity index (χ1v) is 9.83. The van der Waals surface area contributed by atoms with Crippen LogP contribution in [0.5, 0.6) is 0 Å². The van der Waals surface area contributed by atoms with Gasteiger partial charge >= 0.3 is 0 Å². The fraction of sp³-hybridized carbons (Fsp3) is 0.571. The standard InChI is InChI=1S/C21H26N2O3/c24-20(17-4-5-19-16(10-17)6-8-22-19)23-9-1-7-21(14-23)11-18(13-26-21)25-12-15-2-3-15/h4-6,8,10,15,18,22H,1-3,7,9,11-14H2. The van der Waals surface area contributed by atoms with Crippen molar-refractivity contribution in [2.45, 2.75) is 43.8 Å². The summed E-state index contributed by atoms with van der Waals surface area (Å²) in [7, 11) is 0. The molecule has 1 spiro atoms. The molecule has 1 saturated carbocycles. The van der Waals surface area contributed by atoms with Gasteiger partial charge in [0.05, 0.1) is 24.9 Å². The van der Waals surface area contributed by atoms with Gasteiger partial charge in [0.1, 0.15) is 0 Å². The van der Waals surface area contributed by atoms with Crippen molar-refractivity contribution in [1.29, 1.82) is 0 Å². The average molecular weight is 354 g/mol. The van der Waals surface area contributed by atoms with E-state index in [2.05, 4.69) is 4.98 Å². The number of ether oxygens (including phenoxy) is 2. The van der Waals surface area contributed by atoms with Gasteiger partial charge in [-0.3, -0.25) is 4.79 Å². The second-order valence-electron chi connectivity index (χ2n) is 8.21. The zero-order valence-corrected chi connectivity index (χ0v) is 15.1. The molecule has 1 aromatic carbocycles. The number of nitrogens with one attached hydrogen (secondary N) is 1. The number of piperidine rings is 1. The third kappa shape index (κ3) is 3.14. The number of hydrogen-bond acceptors (Lipinski definition) is 3. The van der Waals surface area contributed by atoms with Crippen molar-refractivity contribution in [3.8, 4) is 0 Å². The van der Waals surface area contributed by atoms with Crippen LogP contribution in [-0.4, -0.2) is 53.8 Å². The van der Waals surface area contributed by atoms with Gasteiger partial charge in [-0.15, -0.1) is 0 Å². The van der Waals surface area contributed by atoms with Crippen molar-refractivity contribution < 1.29 is 14.3 Å². The quantitative estimate of drug-likeness (QED) is 0.916. The van der Waals surface area contributed by atoms with Crippen molar-refractivity contribution in [3.63, 3.8) is 0 Å². The Bertz CT molecular complexity index is 812. The molecule has 2 aliphatic heterocycles. The molecule has 5 rings (SSSR count). The highest BCUT2D eigenvalue weighted by Gasteiger charge is 2.45. The molecule has 1 aromatic heterocycles. The van der Waals surface area contributed by atoms with Gasteiger partial charge in [0.15, 0.2) is 0 Å². The number of aromatic nitrogens is 1. The summed E-state index contributed by atoms with van der Waals surface area (Å²) in [5, 5.41) is 1.08. The predicted molar refractivity (Wildman–Crippen MR) is 99.2 cm³/mol. The molecule has 2 unspecified atom stereocenters. The third-order valence-electron chi connectivity index (χ3n) is 6.07. The lowest BCUT2D eigenvalue weighted by Gasteiger charge is -2.39. The van der Waals surface area contributed by atoms with Crippen LogP contribution in [0.1, 0.15) is 42.5 Å². The number of hydrogen-bond donors (Lipinski definition) is 1. The SMILES string of the molecule is O=C(c1ccc2[nH]ccc2c1)N1CCCC2(CC(OCC3CC3)CO2)C1. The molecule has 2 atom stereocenters. The van der Waals surface area contributed by atoms with E-state index in [0.29, 0.717) is 13.2 Å². The first-order valence-electron chi connectivity index (χ1n) is 9.83. The van der Waals surface area contributed by atoms with Gasteiger partial charge in [-0.2, -0.15) is 0 Å². The largest absolute Gasteiger partial charge is 0.375 e.